The molecule has 0 amide bonds. The van der Waals surface area contributed by atoms with E-state index < -0.39 is 0 Å². The lowest BCUT2D eigenvalue weighted by molar-refractivity contribution is 0.340. The average Bonchev–Trinajstić information content (AvgIpc) is 2.84. The van der Waals surface area contributed by atoms with Crippen LogP contribution in [-0.2, 0) is 6.54 Å². The molecule has 0 bridgehead atoms. The van der Waals surface area contributed by atoms with Gasteiger partial charge in [0.05, 0.1) is 6.54 Å². The number of nitrogens with zero attached hydrogens (tertiary/aromatic N) is 3. The summed E-state index contributed by atoms with van der Waals surface area (Å²) >= 11 is 0. The molecule has 4 nitrogen and oxygen atoms in total. The van der Waals surface area contributed by atoms with E-state index >= 15 is 0 Å². The predicted molar refractivity (Wildman–Crippen MR) is 71.3 cm³/mol. The Hall–Kier alpha value is -1.42. The quantitative estimate of drug-likeness (QED) is 0.898. The summed E-state index contributed by atoms with van der Waals surface area (Å²) in [7, 11) is 0. The first-order chi connectivity index (χ1) is 8.93. The van der Waals surface area contributed by atoms with Crippen LogP contribution in [0.3, 0.4) is 0 Å². The van der Waals surface area contributed by atoms with Gasteiger partial charge in [0.25, 0.3) is 0 Å². The van der Waals surface area contributed by atoms with Crippen LogP contribution in [-0.4, -0.2) is 21.1 Å². The first-order valence-corrected chi connectivity index (χ1v) is 6.93. The summed E-state index contributed by atoms with van der Waals surface area (Å²) in [6.45, 7) is 1.92. The summed E-state index contributed by atoms with van der Waals surface area (Å²) in [5.41, 5.74) is 0.923. The molecule has 18 heavy (non-hydrogen) atoms. The van der Waals surface area contributed by atoms with Crippen LogP contribution in [0, 0.1) is 5.92 Å². The molecule has 1 N–H and O–H groups in total. The standard InChI is InChI=1S/C14H20N4/c1-2-6-12(7-3-1)10-15-11-14-17-16-13-8-4-5-9-18(13)14/h4-5,8-9,12,15H,1-3,6-7,10-11H2. The van der Waals surface area contributed by atoms with Crippen molar-refractivity contribution in [2.45, 2.75) is 38.6 Å². The van der Waals surface area contributed by atoms with Crippen LogP contribution in [0.15, 0.2) is 24.4 Å². The van der Waals surface area contributed by atoms with Gasteiger partial charge < -0.3 is 5.32 Å². The van der Waals surface area contributed by atoms with Crippen molar-refractivity contribution >= 4 is 5.65 Å². The zero-order chi connectivity index (χ0) is 12.2. The van der Waals surface area contributed by atoms with Gasteiger partial charge in [0.2, 0.25) is 0 Å². The minimum absolute atomic E-state index is 0.807. The minimum atomic E-state index is 0.807. The third kappa shape index (κ3) is 2.53. The van der Waals surface area contributed by atoms with Crippen LogP contribution in [0.4, 0.5) is 0 Å². The maximum atomic E-state index is 4.23. The summed E-state index contributed by atoms with van der Waals surface area (Å²) in [5, 5.41) is 11.9. The van der Waals surface area contributed by atoms with Crippen molar-refractivity contribution in [3.8, 4) is 0 Å². The molecule has 1 aliphatic rings. The lowest BCUT2D eigenvalue weighted by Gasteiger charge is -2.21. The molecule has 0 saturated heterocycles. The number of aromatic nitrogens is 3. The van der Waals surface area contributed by atoms with Crippen molar-refractivity contribution in [3.05, 3.63) is 30.2 Å². The summed E-state index contributed by atoms with van der Waals surface area (Å²) in [6, 6.07) is 5.99. The van der Waals surface area contributed by atoms with E-state index in [0.29, 0.717) is 0 Å². The fourth-order valence-corrected chi connectivity index (χ4v) is 2.79. The fourth-order valence-electron chi connectivity index (χ4n) is 2.79. The highest BCUT2D eigenvalue weighted by molar-refractivity contribution is 5.36. The van der Waals surface area contributed by atoms with Gasteiger partial charge in [-0.1, -0.05) is 25.3 Å². The van der Waals surface area contributed by atoms with Gasteiger partial charge in [0.1, 0.15) is 0 Å². The predicted octanol–water partition coefficient (Wildman–Crippen LogP) is 2.40. The summed E-state index contributed by atoms with van der Waals surface area (Å²) < 4.78 is 2.05. The van der Waals surface area contributed by atoms with E-state index in [1.54, 1.807) is 0 Å². The largest absolute Gasteiger partial charge is 0.310 e. The molecular weight excluding hydrogens is 224 g/mol. The van der Waals surface area contributed by atoms with E-state index in [-0.39, 0.29) is 0 Å². The van der Waals surface area contributed by atoms with Crippen molar-refractivity contribution in [2.75, 3.05) is 6.54 Å². The van der Waals surface area contributed by atoms with E-state index in [1.807, 2.05) is 28.8 Å². The molecule has 0 aliphatic heterocycles. The molecule has 0 radical (unpaired) electrons. The molecule has 96 valence electrons. The van der Waals surface area contributed by atoms with E-state index in [1.165, 1.54) is 32.1 Å². The molecule has 0 spiro atoms. The third-order valence-corrected chi connectivity index (χ3v) is 3.83. The van der Waals surface area contributed by atoms with Crippen LogP contribution in [0.25, 0.3) is 5.65 Å². The highest BCUT2D eigenvalue weighted by atomic mass is 15.3. The topological polar surface area (TPSA) is 42.2 Å². The van der Waals surface area contributed by atoms with Crippen molar-refractivity contribution in [1.29, 1.82) is 0 Å². The molecule has 0 unspecified atom stereocenters. The van der Waals surface area contributed by atoms with Gasteiger partial charge in [-0.05, 0) is 37.4 Å². The Morgan fingerprint density at radius 2 is 2.06 bits per heavy atom. The molecular formula is C14H20N4. The number of rotatable bonds is 4. The van der Waals surface area contributed by atoms with Gasteiger partial charge >= 0.3 is 0 Å². The van der Waals surface area contributed by atoms with Crippen LogP contribution >= 0.6 is 0 Å². The van der Waals surface area contributed by atoms with Crippen molar-refractivity contribution in [2.24, 2.45) is 5.92 Å². The number of hydrogen-bond acceptors (Lipinski definition) is 3. The average molecular weight is 244 g/mol. The highest BCUT2D eigenvalue weighted by Crippen LogP contribution is 2.22. The molecule has 3 rings (SSSR count). The molecule has 1 saturated carbocycles. The van der Waals surface area contributed by atoms with Crippen molar-refractivity contribution in [3.63, 3.8) is 0 Å². The number of pyridine rings is 1. The van der Waals surface area contributed by atoms with Crippen LogP contribution in [0.2, 0.25) is 0 Å². The fraction of sp³-hybridized carbons (Fsp3) is 0.571. The van der Waals surface area contributed by atoms with Gasteiger partial charge in [0, 0.05) is 6.20 Å². The number of nitrogens with one attached hydrogen (secondary N) is 1. The second-order valence-corrected chi connectivity index (χ2v) is 5.18. The lowest BCUT2D eigenvalue weighted by Crippen LogP contribution is -2.24. The van der Waals surface area contributed by atoms with E-state index in [0.717, 1.165) is 30.5 Å². The second kappa shape index (κ2) is 5.48. The van der Waals surface area contributed by atoms with Crippen LogP contribution < -0.4 is 5.32 Å². The second-order valence-electron chi connectivity index (χ2n) is 5.18. The van der Waals surface area contributed by atoms with Gasteiger partial charge in [-0.15, -0.1) is 10.2 Å². The van der Waals surface area contributed by atoms with Crippen LogP contribution in [0.5, 0.6) is 0 Å². The molecule has 1 aliphatic carbocycles. The molecule has 2 heterocycles. The Bertz CT molecular complexity index is 499. The molecule has 2 aromatic heterocycles. The monoisotopic (exact) mass is 244 g/mol. The Morgan fingerprint density at radius 1 is 1.17 bits per heavy atom. The van der Waals surface area contributed by atoms with Gasteiger partial charge in [-0.3, -0.25) is 4.40 Å². The molecule has 0 atom stereocenters. The Morgan fingerprint density at radius 3 is 2.94 bits per heavy atom. The lowest BCUT2D eigenvalue weighted by atomic mass is 9.89. The zero-order valence-electron chi connectivity index (χ0n) is 10.7. The van der Waals surface area contributed by atoms with Gasteiger partial charge in [-0.2, -0.15) is 0 Å². The first kappa shape index (κ1) is 11.7. The zero-order valence-corrected chi connectivity index (χ0v) is 10.7. The van der Waals surface area contributed by atoms with Crippen molar-refractivity contribution in [1.82, 2.24) is 19.9 Å². The molecule has 0 aromatic carbocycles. The Kier molecular flexibility index (Phi) is 3.55. The molecule has 1 fully saturated rings. The first-order valence-electron chi connectivity index (χ1n) is 6.93. The summed E-state index contributed by atoms with van der Waals surface area (Å²) in [6.07, 6.45) is 9.01. The molecule has 4 heteroatoms. The number of hydrogen-bond donors (Lipinski definition) is 1. The third-order valence-electron chi connectivity index (χ3n) is 3.83. The SMILES string of the molecule is c1ccn2c(CNCC3CCCCC3)nnc2c1. The number of fused-ring (bicyclic) bond motifs is 1. The summed E-state index contributed by atoms with van der Waals surface area (Å²) in [5.74, 6) is 1.86. The Balaban J connectivity index is 1.56. The Labute approximate surface area is 107 Å². The van der Waals surface area contributed by atoms with Gasteiger partial charge in [-0.25, -0.2) is 0 Å². The van der Waals surface area contributed by atoms with E-state index in [9.17, 15) is 0 Å². The maximum absolute atomic E-state index is 4.23. The van der Waals surface area contributed by atoms with E-state index in [4.69, 9.17) is 0 Å². The smallest absolute Gasteiger partial charge is 0.160 e. The highest BCUT2D eigenvalue weighted by Gasteiger charge is 2.13. The van der Waals surface area contributed by atoms with E-state index in [2.05, 4.69) is 15.5 Å². The minimum Gasteiger partial charge on any atom is -0.310 e. The normalized spacial score (nSPS) is 17.3. The molecule has 2 aromatic rings. The van der Waals surface area contributed by atoms with Gasteiger partial charge in [0.15, 0.2) is 11.5 Å². The summed E-state index contributed by atoms with van der Waals surface area (Å²) in [4.78, 5) is 0. The maximum Gasteiger partial charge on any atom is 0.160 e. The van der Waals surface area contributed by atoms with Crippen LogP contribution in [0.1, 0.15) is 37.9 Å². The van der Waals surface area contributed by atoms with Crippen molar-refractivity contribution < 1.29 is 0 Å².